The Morgan fingerprint density at radius 3 is 2.12 bits per heavy atom. The Labute approximate surface area is 164 Å². The maximum atomic E-state index is 12.3. The molecule has 1 amide bonds. The number of hydrogen-bond acceptors (Lipinski definition) is 3. The van der Waals surface area contributed by atoms with E-state index in [-0.39, 0.29) is 5.91 Å². The maximum absolute atomic E-state index is 12.3. The fourth-order valence-corrected chi connectivity index (χ4v) is 6.90. The van der Waals surface area contributed by atoms with Gasteiger partial charge in [0, 0.05) is 0 Å². The van der Waals surface area contributed by atoms with Gasteiger partial charge in [0.05, 0.1) is 0 Å². The van der Waals surface area contributed by atoms with Gasteiger partial charge < -0.3 is 0 Å². The van der Waals surface area contributed by atoms with Gasteiger partial charge in [-0.1, -0.05) is 0 Å². The van der Waals surface area contributed by atoms with Crippen molar-refractivity contribution in [1.29, 1.82) is 0 Å². The zero-order valence-electron chi connectivity index (χ0n) is 16.2. The van der Waals surface area contributed by atoms with E-state index in [2.05, 4.69) is 11.6 Å². The number of hydrogen-bond donors (Lipinski definition) is 1. The first kappa shape index (κ1) is 23.2. The summed E-state index contributed by atoms with van der Waals surface area (Å²) in [6, 6.07) is 6.95. The van der Waals surface area contributed by atoms with E-state index in [0.717, 1.165) is 17.3 Å². The van der Waals surface area contributed by atoms with Gasteiger partial charge in [0.15, 0.2) is 0 Å². The van der Waals surface area contributed by atoms with E-state index < -0.39 is 22.3 Å². The Hall–Kier alpha value is -0.881. The van der Waals surface area contributed by atoms with Crippen molar-refractivity contribution in [2.45, 2.75) is 59.3 Å². The first-order chi connectivity index (χ1) is 12.4. The first-order valence-electron chi connectivity index (χ1n) is 9.51. The zero-order valence-corrected chi connectivity index (χ0v) is 18.7. The number of benzene rings is 1. The third-order valence-corrected chi connectivity index (χ3v) is 9.04. The van der Waals surface area contributed by atoms with E-state index in [1.54, 1.807) is 29.2 Å². The van der Waals surface area contributed by atoms with E-state index in [4.69, 9.17) is 0 Å². The number of carbonyl (C=O) groups excluding carboxylic acids is 1. The van der Waals surface area contributed by atoms with Crippen LogP contribution in [-0.2, 0) is 8.44 Å². The molecular weight excluding hydrogens is 415 g/mol. The zero-order chi connectivity index (χ0) is 19.4. The molecule has 7 heteroatoms. The van der Waals surface area contributed by atoms with Gasteiger partial charge in [0.1, 0.15) is 0 Å². The van der Waals surface area contributed by atoms with Crippen molar-refractivity contribution in [2.75, 3.05) is 19.6 Å². The second-order valence-electron chi connectivity index (χ2n) is 6.20. The molecule has 1 aromatic rings. The van der Waals surface area contributed by atoms with Crippen LogP contribution >= 0.6 is 0 Å². The van der Waals surface area contributed by atoms with Crippen molar-refractivity contribution < 1.29 is 13.2 Å². The molecule has 0 atom stereocenters. The van der Waals surface area contributed by atoms with E-state index in [1.807, 2.05) is 13.8 Å². The molecule has 0 radical (unpaired) electrons. The molecule has 0 aliphatic rings. The molecule has 0 aliphatic carbocycles. The van der Waals surface area contributed by atoms with Crippen molar-refractivity contribution in [3.63, 3.8) is 0 Å². The summed E-state index contributed by atoms with van der Waals surface area (Å²) < 4.78 is 27.8. The molecule has 0 fully saturated rings. The molecule has 1 rings (SSSR count). The summed E-state index contributed by atoms with van der Waals surface area (Å²) >= 11 is -0.689. The number of nitrogens with zero attached hydrogens (tertiary/aromatic N) is 1. The van der Waals surface area contributed by atoms with Crippen LogP contribution in [0.5, 0.6) is 0 Å². The molecule has 0 bridgehead atoms. The van der Waals surface area contributed by atoms with Crippen LogP contribution in [0.4, 0.5) is 0 Å². The minimum atomic E-state index is -3.27. The average Bonchev–Trinajstić information content (AvgIpc) is 2.62. The molecule has 5 nitrogen and oxygen atoms in total. The Morgan fingerprint density at radius 1 is 0.962 bits per heavy atom. The SMILES string of the molecule is CCCCCCCCNS(=O)(=O)[Se]c1ccc(C(=O)N(CC)CC)cc1. The molecule has 0 spiro atoms. The average molecular weight is 448 g/mol. The van der Waals surface area contributed by atoms with E-state index in [1.165, 1.54) is 25.7 Å². The van der Waals surface area contributed by atoms with Crippen LogP contribution in [0.15, 0.2) is 24.3 Å². The Bertz CT molecular complexity index is 629. The molecule has 0 unspecified atom stereocenters. The molecule has 148 valence electrons. The van der Waals surface area contributed by atoms with Gasteiger partial charge >= 0.3 is 164 Å². The fraction of sp³-hybridized carbons (Fsp3) is 0.632. The standard InChI is InChI=1S/C19H32N2O3SSe/c1-4-7-8-9-10-11-16-20-25(23,24)26-18-14-12-17(13-15-18)19(22)21(5-2)6-3/h12-15,20H,4-11,16H2,1-3H3. The Morgan fingerprint density at radius 2 is 1.54 bits per heavy atom. The van der Waals surface area contributed by atoms with Crippen LogP contribution in [0.1, 0.15) is 69.7 Å². The molecule has 0 saturated carbocycles. The van der Waals surface area contributed by atoms with Gasteiger partial charge in [-0.25, -0.2) is 0 Å². The fourth-order valence-electron chi connectivity index (χ4n) is 2.61. The topological polar surface area (TPSA) is 66.5 Å². The van der Waals surface area contributed by atoms with Crippen LogP contribution in [0, 0.1) is 0 Å². The molecule has 1 aromatic carbocycles. The number of unbranched alkanes of at least 4 members (excludes halogenated alkanes) is 5. The molecule has 26 heavy (non-hydrogen) atoms. The number of amides is 1. The van der Waals surface area contributed by atoms with Crippen molar-refractivity contribution in [3.05, 3.63) is 29.8 Å². The summed E-state index contributed by atoms with van der Waals surface area (Å²) in [7, 11) is -3.27. The molecule has 1 N–H and O–H groups in total. The van der Waals surface area contributed by atoms with Crippen molar-refractivity contribution in [2.24, 2.45) is 0 Å². The third-order valence-electron chi connectivity index (χ3n) is 4.17. The summed E-state index contributed by atoms with van der Waals surface area (Å²) in [5.41, 5.74) is 0.602. The molecule has 0 aromatic heterocycles. The second kappa shape index (κ2) is 12.5. The summed E-state index contributed by atoms with van der Waals surface area (Å²) in [6.45, 7) is 7.91. The summed E-state index contributed by atoms with van der Waals surface area (Å²) in [5, 5.41) is 0. The van der Waals surface area contributed by atoms with Gasteiger partial charge in [0.25, 0.3) is 0 Å². The van der Waals surface area contributed by atoms with Gasteiger partial charge in [0.2, 0.25) is 0 Å². The number of carbonyl (C=O) groups is 1. The van der Waals surface area contributed by atoms with Gasteiger partial charge in [-0.15, -0.1) is 0 Å². The molecule has 0 heterocycles. The molecule has 0 saturated heterocycles. The van der Waals surface area contributed by atoms with Crippen molar-refractivity contribution in [3.8, 4) is 0 Å². The summed E-state index contributed by atoms with van der Waals surface area (Å²) in [5.74, 6) is -0.0156. The van der Waals surface area contributed by atoms with E-state index in [0.29, 0.717) is 25.2 Å². The Balaban J connectivity index is 2.46. The van der Waals surface area contributed by atoms with Gasteiger partial charge in [-0.3, -0.25) is 0 Å². The van der Waals surface area contributed by atoms with Crippen LogP contribution in [0.2, 0.25) is 0 Å². The minimum absolute atomic E-state index is 0.0156. The predicted octanol–water partition coefficient (Wildman–Crippen LogP) is 2.69. The third kappa shape index (κ3) is 8.67. The normalized spacial score (nSPS) is 11.5. The summed E-state index contributed by atoms with van der Waals surface area (Å²) in [6.07, 6.45) is 6.82. The monoisotopic (exact) mass is 448 g/mol. The van der Waals surface area contributed by atoms with E-state index in [9.17, 15) is 13.2 Å². The van der Waals surface area contributed by atoms with Crippen LogP contribution in [0.3, 0.4) is 0 Å². The predicted molar refractivity (Wildman–Crippen MR) is 109 cm³/mol. The van der Waals surface area contributed by atoms with E-state index >= 15 is 0 Å². The Kier molecular flexibility index (Phi) is 11.1. The van der Waals surface area contributed by atoms with Crippen LogP contribution < -0.4 is 9.18 Å². The van der Waals surface area contributed by atoms with Crippen molar-refractivity contribution in [1.82, 2.24) is 9.62 Å². The quantitative estimate of drug-likeness (QED) is 0.374. The van der Waals surface area contributed by atoms with Gasteiger partial charge in [-0.05, 0) is 0 Å². The van der Waals surface area contributed by atoms with Gasteiger partial charge in [-0.2, -0.15) is 0 Å². The second-order valence-corrected chi connectivity index (χ2v) is 12.4. The van der Waals surface area contributed by atoms with Crippen LogP contribution in [-0.4, -0.2) is 52.7 Å². The van der Waals surface area contributed by atoms with Crippen molar-refractivity contribution >= 4 is 32.6 Å². The number of rotatable bonds is 13. The number of nitrogens with one attached hydrogen (secondary N) is 1. The van der Waals surface area contributed by atoms with Crippen LogP contribution in [0.25, 0.3) is 0 Å². The molecular formula is C19H32N2O3SSe. The summed E-state index contributed by atoms with van der Waals surface area (Å²) in [4.78, 5) is 14.0. The molecule has 0 aliphatic heterocycles. The first-order valence-corrected chi connectivity index (χ1v) is 13.9.